The summed E-state index contributed by atoms with van der Waals surface area (Å²) in [7, 11) is 0. The number of benzene rings is 1. The molecule has 0 aromatic heterocycles. The summed E-state index contributed by atoms with van der Waals surface area (Å²) in [5, 5.41) is 12.8. The van der Waals surface area contributed by atoms with Crippen molar-refractivity contribution in [3.63, 3.8) is 0 Å². The molecule has 1 aliphatic heterocycles. The summed E-state index contributed by atoms with van der Waals surface area (Å²) in [4.78, 5) is 11.6. The number of carboxylic acids is 1. The number of carbonyl (C=O) groups is 1. The van der Waals surface area contributed by atoms with Crippen LogP contribution in [0.3, 0.4) is 0 Å². The van der Waals surface area contributed by atoms with Crippen LogP contribution in [0, 0.1) is 26.7 Å². The first-order chi connectivity index (χ1) is 8.50. The predicted octanol–water partition coefficient (Wildman–Crippen LogP) is 2.39. The number of carboxylic acid groups (broad SMARTS) is 1. The first-order valence-corrected chi connectivity index (χ1v) is 6.52. The van der Waals surface area contributed by atoms with Crippen molar-refractivity contribution in [2.45, 2.75) is 33.1 Å². The van der Waals surface area contributed by atoms with Gasteiger partial charge in [0, 0.05) is 0 Å². The summed E-state index contributed by atoms with van der Waals surface area (Å²) in [6.45, 7) is 7.83. The Hall–Kier alpha value is -1.35. The topological polar surface area (TPSA) is 49.3 Å². The average Bonchev–Trinajstić information content (AvgIpc) is 2.75. The highest BCUT2D eigenvalue weighted by molar-refractivity contribution is 5.78. The minimum atomic E-state index is -0.696. The Bertz CT molecular complexity index is 439. The quantitative estimate of drug-likeness (QED) is 0.862. The lowest BCUT2D eigenvalue weighted by atomic mass is 9.80. The zero-order valence-electron chi connectivity index (χ0n) is 11.3. The molecule has 0 aliphatic carbocycles. The molecule has 2 rings (SSSR count). The molecule has 98 valence electrons. The van der Waals surface area contributed by atoms with Gasteiger partial charge in [-0.2, -0.15) is 0 Å². The minimum absolute atomic E-state index is 0.211. The van der Waals surface area contributed by atoms with Crippen LogP contribution in [0.1, 0.15) is 34.6 Å². The molecule has 0 amide bonds. The molecule has 3 heteroatoms. The fourth-order valence-electron chi connectivity index (χ4n) is 3.20. The molecule has 3 nitrogen and oxygen atoms in total. The van der Waals surface area contributed by atoms with E-state index in [-0.39, 0.29) is 11.8 Å². The van der Waals surface area contributed by atoms with Crippen molar-refractivity contribution >= 4 is 5.97 Å². The maximum absolute atomic E-state index is 11.6. The number of hydrogen-bond donors (Lipinski definition) is 2. The largest absolute Gasteiger partial charge is 0.481 e. The van der Waals surface area contributed by atoms with E-state index in [0.29, 0.717) is 0 Å². The van der Waals surface area contributed by atoms with Crippen molar-refractivity contribution < 1.29 is 9.90 Å². The zero-order valence-corrected chi connectivity index (χ0v) is 11.3. The Morgan fingerprint density at radius 1 is 1.33 bits per heavy atom. The molecule has 0 spiro atoms. The molecule has 1 saturated heterocycles. The smallest absolute Gasteiger partial charge is 0.311 e. The first kappa shape index (κ1) is 13.1. The highest BCUT2D eigenvalue weighted by atomic mass is 16.4. The van der Waals surface area contributed by atoms with Gasteiger partial charge < -0.3 is 10.4 Å². The second kappa shape index (κ2) is 5.11. The number of nitrogens with one attached hydrogen (secondary N) is 1. The molecule has 1 heterocycles. The molecular weight excluding hydrogens is 226 g/mol. The van der Waals surface area contributed by atoms with E-state index in [1.54, 1.807) is 0 Å². The van der Waals surface area contributed by atoms with Gasteiger partial charge in [-0.3, -0.25) is 4.79 Å². The molecule has 1 aliphatic rings. The SMILES string of the molecule is Cc1cc(C)c(C(C(=O)O)C2CCNC2)c(C)c1. The molecule has 1 aromatic rings. The van der Waals surface area contributed by atoms with Crippen LogP contribution < -0.4 is 5.32 Å². The molecule has 2 atom stereocenters. The van der Waals surface area contributed by atoms with Crippen LogP contribution in [0.2, 0.25) is 0 Å². The number of hydrogen-bond acceptors (Lipinski definition) is 2. The highest BCUT2D eigenvalue weighted by Crippen LogP contribution is 2.34. The van der Waals surface area contributed by atoms with Crippen LogP contribution in [0.15, 0.2) is 12.1 Å². The summed E-state index contributed by atoms with van der Waals surface area (Å²) in [5.41, 5.74) is 4.42. The second-order valence-corrected chi connectivity index (χ2v) is 5.38. The van der Waals surface area contributed by atoms with E-state index >= 15 is 0 Å². The van der Waals surface area contributed by atoms with Crippen molar-refractivity contribution in [3.8, 4) is 0 Å². The van der Waals surface area contributed by atoms with E-state index in [9.17, 15) is 9.90 Å². The van der Waals surface area contributed by atoms with Crippen LogP contribution >= 0.6 is 0 Å². The Morgan fingerprint density at radius 3 is 2.39 bits per heavy atom. The van der Waals surface area contributed by atoms with Gasteiger partial charge in [0.2, 0.25) is 0 Å². The average molecular weight is 247 g/mol. The van der Waals surface area contributed by atoms with E-state index in [1.165, 1.54) is 5.56 Å². The Labute approximate surface area is 108 Å². The summed E-state index contributed by atoms with van der Waals surface area (Å²) < 4.78 is 0. The maximum Gasteiger partial charge on any atom is 0.311 e. The third-order valence-corrected chi connectivity index (χ3v) is 3.88. The van der Waals surface area contributed by atoms with Gasteiger partial charge in [-0.25, -0.2) is 0 Å². The Balaban J connectivity index is 2.45. The van der Waals surface area contributed by atoms with Crippen molar-refractivity contribution in [1.29, 1.82) is 0 Å². The standard InChI is InChI=1S/C15H21NO2/c1-9-6-10(2)13(11(3)7-9)14(15(17)18)12-4-5-16-8-12/h6-7,12,14,16H,4-5,8H2,1-3H3,(H,17,18). The molecule has 1 aromatic carbocycles. The van der Waals surface area contributed by atoms with Crippen LogP contribution in [0.5, 0.6) is 0 Å². The Morgan fingerprint density at radius 2 is 1.94 bits per heavy atom. The van der Waals surface area contributed by atoms with Crippen molar-refractivity contribution in [3.05, 3.63) is 34.4 Å². The molecule has 18 heavy (non-hydrogen) atoms. The first-order valence-electron chi connectivity index (χ1n) is 6.52. The lowest BCUT2D eigenvalue weighted by Gasteiger charge is -2.23. The monoisotopic (exact) mass is 247 g/mol. The number of rotatable bonds is 3. The lowest BCUT2D eigenvalue weighted by molar-refractivity contribution is -0.140. The third kappa shape index (κ3) is 2.41. The molecule has 1 fully saturated rings. The van der Waals surface area contributed by atoms with Crippen LogP contribution in [-0.2, 0) is 4.79 Å². The van der Waals surface area contributed by atoms with Crippen LogP contribution in [-0.4, -0.2) is 24.2 Å². The van der Waals surface area contributed by atoms with Gasteiger partial charge in [-0.05, 0) is 62.9 Å². The molecule has 0 radical (unpaired) electrons. The molecule has 0 saturated carbocycles. The molecule has 2 unspecified atom stereocenters. The van der Waals surface area contributed by atoms with Gasteiger partial charge in [0.05, 0.1) is 5.92 Å². The van der Waals surface area contributed by atoms with Gasteiger partial charge in [-0.15, -0.1) is 0 Å². The zero-order chi connectivity index (χ0) is 13.3. The van der Waals surface area contributed by atoms with Gasteiger partial charge >= 0.3 is 5.97 Å². The molecular formula is C15H21NO2. The third-order valence-electron chi connectivity index (χ3n) is 3.88. The number of aliphatic carboxylic acids is 1. The fraction of sp³-hybridized carbons (Fsp3) is 0.533. The second-order valence-electron chi connectivity index (χ2n) is 5.38. The van der Waals surface area contributed by atoms with Gasteiger partial charge in [0.1, 0.15) is 0 Å². The molecule has 0 bridgehead atoms. The van der Waals surface area contributed by atoms with Gasteiger partial charge in [0.25, 0.3) is 0 Å². The Kier molecular flexibility index (Phi) is 3.71. The summed E-state index contributed by atoms with van der Waals surface area (Å²) in [6, 6.07) is 4.17. The van der Waals surface area contributed by atoms with Crippen molar-refractivity contribution in [2.75, 3.05) is 13.1 Å². The molecule has 2 N–H and O–H groups in total. The van der Waals surface area contributed by atoms with Crippen LogP contribution in [0.4, 0.5) is 0 Å². The van der Waals surface area contributed by atoms with Gasteiger partial charge in [-0.1, -0.05) is 17.7 Å². The van der Waals surface area contributed by atoms with E-state index in [0.717, 1.165) is 36.2 Å². The maximum atomic E-state index is 11.6. The lowest BCUT2D eigenvalue weighted by Crippen LogP contribution is -2.25. The summed E-state index contributed by atoms with van der Waals surface area (Å²) in [6.07, 6.45) is 0.948. The fourth-order valence-corrected chi connectivity index (χ4v) is 3.20. The number of aryl methyl sites for hydroxylation is 3. The van der Waals surface area contributed by atoms with Crippen molar-refractivity contribution in [1.82, 2.24) is 5.32 Å². The van der Waals surface area contributed by atoms with E-state index < -0.39 is 5.97 Å². The van der Waals surface area contributed by atoms with E-state index in [1.807, 2.05) is 13.8 Å². The van der Waals surface area contributed by atoms with Crippen LogP contribution in [0.25, 0.3) is 0 Å². The van der Waals surface area contributed by atoms with E-state index in [4.69, 9.17) is 0 Å². The minimum Gasteiger partial charge on any atom is -0.481 e. The van der Waals surface area contributed by atoms with E-state index in [2.05, 4.69) is 24.4 Å². The summed E-state index contributed by atoms with van der Waals surface area (Å²) in [5.74, 6) is -0.859. The highest BCUT2D eigenvalue weighted by Gasteiger charge is 2.33. The van der Waals surface area contributed by atoms with Gasteiger partial charge in [0.15, 0.2) is 0 Å². The van der Waals surface area contributed by atoms with Crippen molar-refractivity contribution in [2.24, 2.45) is 5.92 Å². The normalized spacial score (nSPS) is 20.9. The summed E-state index contributed by atoms with van der Waals surface area (Å²) >= 11 is 0. The predicted molar refractivity (Wildman–Crippen MR) is 72.0 cm³/mol.